The summed E-state index contributed by atoms with van der Waals surface area (Å²) in [4.78, 5) is 46.7. The lowest BCUT2D eigenvalue weighted by molar-refractivity contribution is -0.797. The number of halogens is 1. The van der Waals surface area contributed by atoms with Crippen LogP contribution in [-0.2, 0) is 14.4 Å². The van der Waals surface area contributed by atoms with Gasteiger partial charge in [0.2, 0.25) is 0 Å². The van der Waals surface area contributed by atoms with E-state index in [2.05, 4.69) is 14.7 Å². The predicted molar refractivity (Wildman–Crippen MR) is 111 cm³/mol. The van der Waals surface area contributed by atoms with E-state index in [-0.39, 0.29) is 18.6 Å². The monoisotopic (exact) mass is 495 g/mol. The largest absolute Gasteiger partial charge is 0.511 e. The lowest BCUT2D eigenvalue weighted by Crippen LogP contribution is -2.30. The van der Waals surface area contributed by atoms with Crippen molar-refractivity contribution >= 4 is 17.8 Å². The average molecular weight is 496 g/mol. The number of fused-ring (bicyclic) bond motifs is 1. The molecule has 1 aromatic heterocycles. The van der Waals surface area contributed by atoms with Gasteiger partial charge in [-0.3, -0.25) is 4.98 Å². The van der Waals surface area contributed by atoms with E-state index in [1.165, 1.54) is 0 Å². The molecule has 2 aromatic rings. The van der Waals surface area contributed by atoms with Gasteiger partial charge in [0.25, 0.3) is 10.2 Å². The van der Waals surface area contributed by atoms with Crippen LogP contribution in [0.15, 0.2) is 30.5 Å². The zero-order valence-electron chi connectivity index (χ0n) is 17.5. The van der Waals surface area contributed by atoms with Crippen LogP contribution in [0.25, 0.3) is 0 Å². The van der Waals surface area contributed by atoms with Crippen LogP contribution in [0.1, 0.15) is 47.4 Å². The Labute approximate surface area is 196 Å². The number of rotatable bonds is 7. The normalized spacial score (nSPS) is 25.4. The Kier molecular flexibility index (Phi) is 6.39. The molecule has 0 radical (unpaired) electrons. The van der Waals surface area contributed by atoms with E-state index in [9.17, 15) is 30.1 Å². The lowest BCUT2D eigenvalue weighted by atomic mass is 9.91. The van der Waals surface area contributed by atoms with E-state index in [1.54, 1.807) is 37.4 Å². The second kappa shape index (κ2) is 9.27. The molecular weight excluding hydrogens is 478 g/mol. The van der Waals surface area contributed by atoms with Gasteiger partial charge in [-0.1, -0.05) is 23.7 Å². The van der Waals surface area contributed by atoms with Gasteiger partial charge in [-0.25, -0.2) is 4.79 Å². The van der Waals surface area contributed by atoms with Gasteiger partial charge < -0.3 is 24.3 Å². The van der Waals surface area contributed by atoms with Crippen LogP contribution < -0.4 is 4.74 Å². The Bertz CT molecular complexity index is 1100. The summed E-state index contributed by atoms with van der Waals surface area (Å²) in [5.74, 6) is -0.569. The van der Waals surface area contributed by atoms with E-state index in [0.29, 0.717) is 27.4 Å². The number of nitrogens with zero attached hydrogens (tertiary/aromatic N) is 3. The van der Waals surface area contributed by atoms with Crippen LogP contribution in [0, 0.1) is 33.1 Å². The number of carbonyl (C=O) groups is 1. The molecule has 34 heavy (non-hydrogen) atoms. The molecule has 0 bridgehead atoms. The van der Waals surface area contributed by atoms with Gasteiger partial charge in [0, 0.05) is 22.3 Å². The van der Waals surface area contributed by atoms with Crippen molar-refractivity contribution in [3.8, 4) is 5.75 Å². The highest BCUT2D eigenvalue weighted by atomic mass is 35.5. The van der Waals surface area contributed by atoms with Crippen LogP contribution in [0.5, 0.6) is 5.75 Å². The molecule has 5 atom stereocenters. The van der Waals surface area contributed by atoms with E-state index in [0.717, 1.165) is 0 Å². The maximum atomic E-state index is 11.4. The molecule has 1 aromatic carbocycles. The summed E-state index contributed by atoms with van der Waals surface area (Å²) in [6, 6.07) is 6.81. The number of hydrogen-bond acceptors (Lipinski definition) is 10. The molecule has 4 rings (SSSR count). The SMILES string of the molecule is Cc1ncc2c(c1OC(=O)O)[C@@H](C1C[C@H](O[N+](=O)[O-])[C@H](O[N+](=O)[O-])C1)O[C@H]2c1ccc(Cl)cc1. The van der Waals surface area contributed by atoms with Gasteiger partial charge in [0.1, 0.15) is 18.3 Å². The van der Waals surface area contributed by atoms with Crippen LogP contribution in [0.2, 0.25) is 5.02 Å². The molecule has 2 aliphatic rings. The fraction of sp³-hybridized carbons (Fsp3) is 0.400. The predicted octanol–water partition coefficient (Wildman–Crippen LogP) is 3.82. The fourth-order valence-corrected chi connectivity index (χ4v) is 4.68. The maximum Gasteiger partial charge on any atom is 0.511 e. The third-order valence-corrected chi connectivity index (χ3v) is 6.10. The van der Waals surface area contributed by atoms with E-state index in [4.69, 9.17) is 21.1 Å². The smallest absolute Gasteiger partial charge is 0.449 e. The number of ether oxygens (including phenoxy) is 2. The van der Waals surface area contributed by atoms with Crippen molar-refractivity contribution in [2.24, 2.45) is 5.92 Å². The van der Waals surface area contributed by atoms with Crippen LogP contribution in [0.3, 0.4) is 0 Å². The minimum Gasteiger partial charge on any atom is -0.449 e. The summed E-state index contributed by atoms with van der Waals surface area (Å²) in [7, 11) is 0. The first-order valence-electron chi connectivity index (χ1n) is 10.1. The minimum absolute atomic E-state index is 0.00911. The second-order valence-electron chi connectivity index (χ2n) is 7.86. The summed E-state index contributed by atoms with van der Waals surface area (Å²) < 4.78 is 11.4. The highest BCUT2D eigenvalue weighted by Crippen LogP contribution is 2.53. The van der Waals surface area contributed by atoms with Gasteiger partial charge in [0.15, 0.2) is 5.75 Å². The summed E-state index contributed by atoms with van der Waals surface area (Å²) >= 11 is 5.99. The van der Waals surface area contributed by atoms with Crippen molar-refractivity contribution in [1.82, 2.24) is 4.98 Å². The van der Waals surface area contributed by atoms with Crippen LogP contribution in [0.4, 0.5) is 4.79 Å². The van der Waals surface area contributed by atoms with Crippen LogP contribution in [-0.4, -0.2) is 38.6 Å². The average Bonchev–Trinajstić information content (AvgIpc) is 3.31. The molecule has 1 saturated carbocycles. The summed E-state index contributed by atoms with van der Waals surface area (Å²) in [5.41, 5.74) is 1.94. The third kappa shape index (κ3) is 4.65. The van der Waals surface area contributed by atoms with Gasteiger partial charge >= 0.3 is 6.16 Å². The van der Waals surface area contributed by atoms with Crippen molar-refractivity contribution in [3.05, 3.63) is 78.1 Å². The third-order valence-electron chi connectivity index (χ3n) is 5.85. The van der Waals surface area contributed by atoms with Gasteiger partial charge in [0.05, 0.1) is 11.8 Å². The number of aromatic nitrogens is 1. The van der Waals surface area contributed by atoms with E-state index >= 15 is 0 Å². The van der Waals surface area contributed by atoms with Crippen molar-refractivity contribution < 1.29 is 39.2 Å². The highest BCUT2D eigenvalue weighted by molar-refractivity contribution is 6.30. The van der Waals surface area contributed by atoms with Gasteiger partial charge in [-0.15, -0.1) is 20.2 Å². The van der Waals surface area contributed by atoms with E-state index < -0.39 is 46.7 Å². The number of aryl methyl sites for hydroxylation is 1. The standard InChI is InChI=1S/C20H18ClN3O10/c1-9-17(32-20(25)26)16-13(8-22-9)18(10-2-4-12(21)5-3-10)31-19(16)11-6-14(33-23(27)28)15(7-11)34-24(29)30/h2-5,8,11,14-15,18-19H,6-7H2,1H3,(H,25,26)/t11?,14-,15+,18-,19+/m0/s1. The van der Waals surface area contributed by atoms with Gasteiger partial charge in [-0.2, -0.15) is 0 Å². The first-order chi connectivity index (χ1) is 16.1. The first kappa shape index (κ1) is 23.4. The van der Waals surface area contributed by atoms with Crippen molar-refractivity contribution in [2.75, 3.05) is 0 Å². The number of carboxylic acid groups (broad SMARTS) is 1. The van der Waals surface area contributed by atoms with Crippen molar-refractivity contribution in [1.29, 1.82) is 0 Å². The summed E-state index contributed by atoms with van der Waals surface area (Å²) in [6.07, 6.45) is -3.95. The van der Waals surface area contributed by atoms with Crippen LogP contribution >= 0.6 is 11.6 Å². The second-order valence-corrected chi connectivity index (χ2v) is 8.30. The molecule has 1 fully saturated rings. The molecule has 1 unspecified atom stereocenters. The highest BCUT2D eigenvalue weighted by Gasteiger charge is 2.48. The Balaban J connectivity index is 1.75. The molecule has 2 heterocycles. The molecule has 0 spiro atoms. The quantitative estimate of drug-likeness (QED) is 0.335. The number of hydrogen-bond donors (Lipinski definition) is 1. The van der Waals surface area contributed by atoms with E-state index in [1.807, 2.05) is 0 Å². The maximum absolute atomic E-state index is 11.4. The molecular formula is C20H18ClN3O10. The topological polar surface area (TPSA) is 173 Å². The Hall–Kier alpha value is -3.71. The molecule has 1 aliphatic heterocycles. The molecule has 14 heteroatoms. The Morgan fingerprint density at radius 3 is 2.26 bits per heavy atom. The summed E-state index contributed by atoms with van der Waals surface area (Å²) in [6.45, 7) is 1.57. The number of benzene rings is 1. The fourth-order valence-electron chi connectivity index (χ4n) is 4.56. The zero-order valence-corrected chi connectivity index (χ0v) is 18.3. The molecule has 1 N–H and O–H groups in total. The zero-order chi connectivity index (χ0) is 24.6. The molecule has 0 saturated heterocycles. The molecule has 1 aliphatic carbocycles. The minimum atomic E-state index is -1.55. The van der Waals surface area contributed by atoms with Crippen molar-refractivity contribution in [3.63, 3.8) is 0 Å². The first-order valence-corrected chi connectivity index (χ1v) is 10.4. The lowest BCUT2D eigenvalue weighted by Gasteiger charge is -2.22. The Morgan fingerprint density at radius 2 is 1.74 bits per heavy atom. The molecule has 13 nitrogen and oxygen atoms in total. The Morgan fingerprint density at radius 1 is 1.15 bits per heavy atom. The molecule has 0 amide bonds. The van der Waals surface area contributed by atoms with Gasteiger partial charge in [-0.05, 0) is 43.4 Å². The summed E-state index contributed by atoms with van der Waals surface area (Å²) in [5, 5.41) is 29.6. The molecule has 180 valence electrons. The number of pyridine rings is 1. The van der Waals surface area contributed by atoms with Crippen molar-refractivity contribution in [2.45, 2.75) is 44.2 Å².